The van der Waals surface area contributed by atoms with Gasteiger partial charge < -0.3 is 10.2 Å². The molecule has 2 aromatic rings. The largest absolute Gasteiger partial charge is 0.339 e. The number of amides is 1. The lowest BCUT2D eigenvalue weighted by Crippen LogP contribution is -2.48. The highest BCUT2D eigenvalue weighted by Crippen LogP contribution is 2.46. The van der Waals surface area contributed by atoms with Crippen LogP contribution >= 0.6 is 0 Å². The molecule has 1 saturated heterocycles. The van der Waals surface area contributed by atoms with Crippen molar-refractivity contribution in [2.24, 2.45) is 5.41 Å². The van der Waals surface area contributed by atoms with Gasteiger partial charge in [0.15, 0.2) is 0 Å². The monoisotopic (exact) mass is 380 g/mol. The highest BCUT2D eigenvalue weighted by Gasteiger charge is 2.46. The van der Waals surface area contributed by atoms with Crippen LogP contribution in [0.3, 0.4) is 0 Å². The van der Waals surface area contributed by atoms with Crippen molar-refractivity contribution in [3.05, 3.63) is 71.5 Å². The molecule has 4 rings (SSSR count). The van der Waals surface area contributed by atoms with Gasteiger partial charge in [-0.3, -0.25) is 4.79 Å². The molecule has 2 aliphatic rings. The molecular formula is C24H29FN2O. The van der Waals surface area contributed by atoms with Crippen molar-refractivity contribution in [2.75, 3.05) is 19.6 Å². The number of rotatable bonds is 6. The summed E-state index contributed by atoms with van der Waals surface area (Å²) in [5, 5.41) is 3.45. The van der Waals surface area contributed by atoms with Crippen molar-refractivity contribution < 1.29 is 9.18 Å². The van der Waals surface area contributed by atoms with Gasteiger partial charge in [-0.05, 0) is 67.4 Å². The zero-order chi connectivity index (χ0) is 19.6. The molecule has 2 fully saturated rings. The fraction of sp³-hybridized carbons (Fsp3) is 0.458. The maximum atomic E-state index is 13.3. The van der Waals surface area contributed by atoms with Gasteiger partial charge in [0.25, 0.3) is 0 Å². The smallest absolute Gasteiger partial charge is 0.219 e. The summed E-state index contributed by atoms with van der Waals surface area (Å²) < 4.78 is 13.3. The summed E-state index contributed by atoms with van der Waals surface area (Å²) in [5.41, 5.74) is 2.54. The Kier molecular flexibility index (Phi) is 5.49. The Bertz CT molecular complexity index is 799. The third kappa shape index (κ3) is 4.27. The first kappa shape index (κ1) is 19.1. The number of piperidine rings is 1. The highest BCUT2D eigenvalue weighted by molar-refractivity contribution is 5.74. The number of hydrogen-bond acceptors (Lipinski definition) is 2. The number of hydrogen-bond donors (Lipinski definition) is 1. The molecule has 2 atom stereocenters. The predicted octanol–water partition coefficient (Wildman–Crippen LogP) is 4.14. The first-order valence-corrected chi connectivity index (χ1v) is 10.3. The van der Waals surface area contributed by atoms with E-state index in [0.29, 0.717) is 12.0 Å². The molecule has 0 aromatic heterocycles. The van der Waals surface area contributed by atoms with E-state index in [1.165, 1.54) is 5.56 Å². The summed E-state index contributed by atoms with van der Waals surface area (Å²) in [6, 6.07) is 17.7. The number of halogens is 1. The summed E-state index contributed by atoms with van der Waals surface area (Å²) >= 11 is 0. The number of nitrogens with zero attached hydrogens (tertiary/aromatic N) is 1. The summed E-state index contributed by atoms with van der Waals surface area (Å²) in [6.45, 7) is 4.43. The minimum Gasteiger partial charge on any atom is -0.339 e. The van der Waals surface area contributed by atoms with Crippen molar-refractivity contribution in [2.45, 2.75) is 44.6 Å². The molecule has 1 N–H and O–H groups in total. The maximum Gasteiger partial charge on any atom is 0.219 e. The van der Waals surface area contributed by atoms with E-state index < -0.39 is 0 Å². The first-order valence-electron chi connectivity index (χ1n) is 10.3. The number of benzene rings is 2. The molecule has 1 aliphatic carbocycles. The number of carbonyl (C=O) groups is 1. The molecule has 0 spiro atoms. The molecule has 0 bridgehead atoms. The zero-order valence-corrected chi connectivity index (χ0v) is 16.5. The molecule has 3 nitrogen and oxygen atoms in total. The Hall–Kier alpha value is -2.20. The van der Waals surface area contributed by atoms with Crippen molar-refractivity contribution >= 4 is 5.91 Å². The van der Waals surface area contributed by atoms with Gasteiger partial charge in [-0.2, -0.15) is 0 Å². The minimum absolute atomic E-state index is 0.0541. The van der Waals surface area contributed by atoms with Gasteiger partial charge in [0.2, 0.25) is 5.91 Å². The molecule has 28 heavy (non-hydrogen) atoms. The van der Waals surface area contributed by atoms with Crippen LogP contribution in [0.15, 0.2) is 54.6 Å². The first-order chi connectivity index (χ1) is 13.6. The van der Waals surface area contributed by atoms with Gasteiger partial charge in [-0.1, -0.05) is 42.5 Å². The predicted molar refractivity (Wildman–Crippen MR) is 110 cm³/mol. The van der Waals surface area contributed by atoms with Crippen LogP contribution in [0, 0.1) is 11.2 Å². The second-order valence-electron chi connectivity index (χ2n) is 8.52. The van der Waals surface area contributed by atoms with E-state index in [1.807, 2.05) is 18.2 Å². The summed E-state index contributed by atoms with van der Waals surface area (Å²) in [7, 11) is 0. The lowest BCUT2D eigenvalue weighted by Gasteiger charge is -2.42. The normalized spacial score (nSPS) is 23.2. The lowest BCUT2D eigenvalue weighted by atomic mass is 9.73. The van der Waals surface area contributed by atoms with Crippen LogP contribution < -0.4 is 5.32 Å². The molecule has 2 aromatic carbocycles. The van der Waals surface area contributed by atoms with E-state index >= 15 is 0 Å². The standard InChI is InChI=1S/C24H29FN2O/c1-18(28)27(23-15-22(23)20-5-3-2-4-6-20)17-24(11-13-26-14-12-24)16-19-7-9-21(25)10-8-19/h2-10,22-23,26H,11-17H2,1H3/t22?,23-/m1/s1. The molecule has 1 aliphatic heterocycles. The van der Waals surface area contributed by atoms with Gasteiger partial charge in [-0.25, -0.2) is 4.39 Å². The Morgan fingerprint density at radius 2 is 1.79 bits per heavy atom. The Labute approximate surface area is 166 Å². The fourth-order valence-corrected chi connectivity index (χ4v) is 4.79. The van der Waals surface area contributed by atoms with Gasteiger partial charge >= 0.3 is 0 Å². The van der Waals surface area contributed by atoms with Gasteiger partial charge in [0.05, 0.1) is 0 Å². The van der Waals surface area contributed by atoms with E-state index in [9.17, 15) is 9.18 Å². The second kappa shape index (κ2) is 8.04. The molecule has 1 unspecified atom stereocenters. The van der Waals surface area contributed by atoms with E-state index in [4.69, 9.17) is 0 Å². The Morgan fingerprint density at radius 1 is 1.11 bits per heavy atom. The van der Waals surface area contributed by atoms with Crippen LogP contribution in [0.2, 0.25) is 0 Å². The number of nitrogens with one attached hydrogen (secondary N) is 1. The average molecular weight is 381 g/mol. The molecule has 1 amide bonds. The summed E-state index contributed by atoms with van der Waals surface area (Å²) in [4.78, 5) is 14.7. The molecule has 1 heterocycles. The Morgan fingerprint density at radius 3 is 2.43 bits per heavy atom. The maximum absolute atomic E-state index is 13.3. The van der Waals surface area contributed by atoms with Crippen LogP contribution in [0.25, 0.3) is 0 Å². The Balaban J connectivity index is 1.52. The number of carbonyl (C=O) groups excluding carboxylic acids is 1. The third-order valence-corrected chi connectivity index (χ3v) is 6.45. The third-order valence-electron chi connectivity index (χ3n) is 6.45. The molecular weight excluding hydrogens is 351 g/mol. The van der Waals surface area contributed by atoms with Gasteiger partial charge in [0.1, 0.15) is 5.82 Å². The lowest BCUT2D eigenvalue weighted by molar-refractivity contribution is -0.131. The quantitative estimate of drug-likeness (QED) is 0.817. The topological polar surface area (TPSA) is 32.3 Å². The zero-order valence-electron chi connectivity index (χ0n) is 16.5. The van der Waals surface area contributed by atoms with Gasteiger partial charge in [-0.15, -0.1) is 0 Å². The van der Waals surface area contributed by atoms with Gasteiger partial charge in [0, 0.05) is 25.4 Å². The van der Waals surface area contributed by atoms with Crippen LogP contribution in [0.5, 0.6) is 0 Å². The molecule has 0 radical (unpaired) electrons. The summed E-state index contributed by atoms with van der Waals surface area (Å²) in [5.74, 6) is 0.423. The van der Waals surface area contributed by atoms with Crippen LogP contribution in [0.1, 0.15) is 43.2 Å². The average Bonchev–Trinajstić information content (AvgIpc) is 3.50. The van der Waals surface area contributed by atoms with Crippen molar-refractivity contribution in [3.8, 4) is 0 Å². The molecule has 1 saturated carbocycles. The second-order valence-corrected chi connectivity index (χ2v) is 8.52. The van der Waals surface area contributed by atoms with Crippen LogP contribution in [-0.4, -0.2) is 36.5 Å². The van der Waals surface area contributed by atoms with Crippen LogP contribution in [0.4, 0.5) is 4.39 Å². The van der Waals surface area contributed by atoms with Crippen molar-refractivity contribution in [1.29, 1.82) is 0 Å². The van der Waals surface area contributed by atoms with E-state index in [0.717, 1.165) is 50.9 Å². The van der Waals surface area contributed by atoms with Crippen molar-refractivity contribution in [1.82, 2.24) is 10.2 Å². The van der Waals surface area contributed by atoms with E-state index in [1.54, 1.807) is 19.1 Å². The van der Waals surface area contributed by atoms with E-state index in [-0.39, 0.29) is 17.1 Å². The fourth-order valence-electron chi connectivity index (χ4n) is 4.79. The SMILES string of the molecule is CC(=O)N(CC1(Cc2ccc(F)cc2)CCNCC1)[C@@H]1CC1c1ccccc1. The van der Waals surface area contributed by atoms with E-state index in [2.05, 4.69) is 34.5 Å². The molecule has 148 valence electrons. The minimum atomic E-state index is -0.197. The molecule has 4 heteroatoms. The highest BCUT2D eigenvalue weighted by atomic mass is 19.1. The van der Waals surface area contributed by atoms with Crippen molar-refractivity contribution in [3.63, 3.8) is 0 Å². The summed E-state index contributed by atoms with van der Waals surface area (Å²) in [6.07, 6.45) is 4.02. The van der Waals surface area contributed by atoms with Crippen LogP contribution in [-0.2, 0) is 11.2 Å².